The van der Waals surface area contributed by atoms with E-state index in [-0.39, 0.29) is 11.7 Å². The highest BCUT2D eigenvalue weighted by molar-refractivity contribution is 8.29. The van der Waals surface area contributed by atoms with Gasteiger partial charge in [0.25, 0.3) is 0 Å². The van der Waals surface area contributed by atoms with Crippen molar-refractivity contribution in [2.45, 2.75) is 18.2 Å². The van der Waals surface area contributed by atoms with E-state index in [9.17, 15) is 9.59 Å². The minimum Gasteiger partial charge on any atom is -0.495 e. The van der Waals surface area contributed by atoms with Gasteiger partial charge in [-0.15, -0.1) is 0 Å². The topological polar surface area (TPSA) is 80.7 Å². The maximum Gasteiger partial charge on any atom is 0.365 e. The number of methoxy groups -OCH3 is 2. The van der Waals surface area contributed by atoms with Crippen molar-refractivity contribution in [2.24, 2.45) is 5.10 Å². The van der Waals surface area contributed by atoms with Gasteiger partial charge in [0.1, 0.15) is 16.3 Å². The Balaban J connectivity index is 1.93. The van der Waals surface area contributed by atoms with Crippen LogP contribution in [0, 0.1) is 0 Å². The zero-order valence-corrected chi connectivity index (χ0v) is 20.2. The van der Waals surface area contributed by atoms with Gasteiger partial charge in [0, 0.05) is 11.4 Å². The van der Waals surface area contributed by atoms with E-state index >= 15 is 0 Å². The van der Waals surface area contributed by atoms with Gasteiger partial charge in [-0.05, 0) is 49.9 Å². The minimum atomic E-state index is -1.06. The second-order valence-corrected chi connectivity index (χ2v) is 9.54. The van der Waals surface area contributed by atoms with Gasteiger partial charge in [-0.3, -0.25) is 0 Å². The molecule has 8 nitrogen and oxygen atoms in total. The zero-order chi connectivity index (χ0) is 23.6. The largest absolute Gasteiger partial charge is 0.495 e. The number of thioether (sulfide) groups is 2. The van der Waals surface area contributed by atoms with Crippen molar-refractivity contribution in [3.8, 4) is 5.75 Å². The van der Waals surface area contributed by atoms with Crippen molar-refractivity contribution < 1.29 is 23.8 Å². The number of benzene rings is 2. The predicted octanol–water partition coefficient (Wildman–Crippen LogP) is 4.39. The summed E-state index contributed by atoms with van der Waals surface area (Å²) in [6.07, 6.45) is 0. The Labute approximate surface area is 200 Å². The third-order valence-corrected chi connectivity index (χ3v) is 7.87. The number of hydrogen-bond donors (Lipinski definition) is 0. The molecule has 0 unspecified atom stereocenters. The highest BCUT2D eigenvalue weighted by atomic mass is 32.2. The lowest BCUT2D eigenvalue weighted by Crippen LogP contribution is -2.49. The van der Waals surface area contributed by atoms with E-state index < -0.39 is 16.3 Å². The fourth-order valence-electron chi connectivity index (χ4n) is 3.62. The summed E-state index contributed by atoms with van der Waals surface area (Å²) in [6, 6.07) is 17.0. The first-order chi connectivity index (χ1) is 16.0. The van der Waals surface area contributed by atoms with Crippen LogP contribution in [0.4, 0.5) is 11.4 Å². The molecule has 33 heavy (non-hydrogen) atoms. The predicted molar refractivity (Wildman–Crippen MR) is 131 cm³/mol. The second kappa shape index (κ2) is 9.40. The smallest absolute Gasteiger partial charge is 0.365 e. The number of carbonyl (C=O) groups is 2. The van der Waals surface area contributed by atoms with Gasteiger partial charge in [-0.1, -0.05) is 42.1 Å². The molecule has 0 aromatic heterocycles. The van der Waals surface area contributed by atoms with Gasteiger partial charge in [0.05, 0.1) is 20.8 Å². The van der Waals surface area contributed by atoms with Crippen LogP contribution in [0.5, 0.6) is 5.75 Å². The average Bonchev–Trinajstić information content (AvgIpc) is 3.36. The van der Waals surface area contributed by atoms with Crippen LogP contribution in [0.3, 0.4) is 0 Å². The monoisotopic (exact) mass is 485 g/mol. The number of hydrazone groups is 1. The van der Waals surface area contributed by atoms with Crippen LogP contribution in [-0.4, -0.2) is 42.1 Å². The summed E-state index contributed by atoms with van der Waals surface area (Å²) in [6.45, 7) is 3.82. The first kappa shape index (κ1) is 23.1. The lowest BCUT2D eigenvalue weighted by Gasteiger charge is -2.41. The van der Waals surface area contributed by atoms with Gasteiger partial charge in [-0.2, -0.15) is 5.10 Å². The Morgan fingerprint density at radius 3 is 2.36 bits per heavy atom. The highest BCUT2D eigenvalue weighted by Crippen LogP contribution is 2.61. The Bertz CT molecular complexity index is 1140. The number of allylic oxidation sites excluding steroid dienone is 1. The van der Waals surface area contributed by atoms with Gasteiger partial charge < -0.3 is 19.1 Å². The van der Waals surface area contributed by atoms with Crippen LogP contribution in [0.2, 0.25) is 0 Å². The molecule has 4 rings (SSSR count). The molecule has 0 aliphatic carbocycles. The van der Waals surface area contributed by atoms with Gasteiger partial charge >= 0.3 is 11.9 Å². The molecule has 0 bridgehead atoms. The van der Waals surface area contributed by atoms with Gasteiger partial charge in [0.15, 0.2) is 0 Å². The van der Waals surface area contributed by atoms with Gasteiger partial charge in [0.2, 0.25) is 9.37 Å². The number of para-hydroxylation sites is 3. The molecule has 1 atom stereocenters. The number of esters is 2. The van der Waals surface area contributed by atoms with Crippen molar-refractivity contribution in [3.63, 3.8) is 0 Å². The normalized spacial score (nSPS) is 19.7. The van der Waals surface area contributed by atoms with E-state index in [0.717, 1.165) is 5.69 Å². The van der Waals surface area contributed by atoms with E-state index in [1.165, 1.54) is 30.6 Å². The maximum atomic E-state index is 12.7. The Hall–Kier alpha value is -3.11. The summed E-state index contributed by atoms with van der Waals surface area (Å²) in [5, 5.41) is 6.55. The average molecular weight is 486 g/mol. The first-order valence-corrected chi connectivity index (χ1v) is 11.8. The molecule has 1 spiro atoms. The van der Waals surface area contributed by atoms with E-state index in [1.807, 2.05) is 66.4 Å². The number of anilines is 2. The summed E-state index contributed by atoms with van der Waals surface area (Å²) < 4.78 is 14.8. The maximum absolute atomic E-state index is 12.7. The number of carbonyl (C=O) groups excluding carboxylic acids is 2. The fraction of sp³-hybridized carbons (Fsp3) is 0.261. The Morgan fingerprint density at radius 1 is 1.00 bits per heavy atom. The van der Waals surface area contributed by atoms with Crippen molar-refractivity contribution in [2.75, 3.05) is 30.7 Å². The van der Waals surface area contributed by atoms with E-state index in [2.05, 4.69) is 5.10 Å². The molecule has 0 N–H and O–H groups in total. The van der Waals surface area contributed by atoms with Crippen molar-refractivity contribution in [1.82, 2.24) is 0 Å². The summed E-state index contributed by atoms with van der Waals surface area (Å²) in [5.74, 6) is -0.415. The molecule has 10 heteroatoms. The zero-order valence-electron chi connectivity index (χ0n) is 18.6. The molecule has 0 saturated heterocycles. The summed E-state index contributed by atoms with van der Waals surface area (Å²) in [4.78, 5) is 27.9. The number of ether oxygens (including phenoxy) is 3. The van der Waals surface area contributed by atoms with Crippen molar-refractivity contribution in [3.05, 3.63) is 65.2 Å². The molecule has 0 fully saturated rings. The molecule has 172 valence electrons. The molecule has 2 aliphatic heterocycles. The lowest BCUT2D eigenvalue weighted by molar-refractivity contribution is -0.135. The van der Waals surface area contributed by atoms with E-state index in [4.69, 9.17) is 14.2 Å². The highest BCUT2D eigenvalue weighted by Gasteiger charge is 2.59. The SMILES string of the molecule is CCOC(=O)C1=NN(c2ccccc2OC)[C@]2(S1)SC(C(=O)OC)=C(C)N2c1ccccc1. The Kier molecular flexibility index (Phi) is 6.57. The molecular formula is C23H23N3O5S2. The standard InChI is InChI=1S/C23H23N3O5S2/c1-5-31-22(28)20-24-26(17-13-9-10-14-18(17)29-3)23(33-20)25(16-11-7-6-8-12-16)15(2)19(32-23)21(27)30-4/h6-14H,5H2,1-4H3/t23-/m0/s1. The van der Waals surface area contributed by atoms with Crippen molar-refractivity contribution in [1.29, 1.82) is 0 Å². The van der Waals surface area contributed by atoms with Crippen LogP contribution in [0.1, 0.15) is 13.8 Å². The second-order valence-electron chi connectivity index (χ2n) is 6.94. The van der Waals surface area contributed by atoms with Crippen LogP contribution < -0.4 is 14.6 Å². The number of hydrogen-bond acceptors (Lipinski definition) is 10. The van der Waals surface area contributed by atoms with E-state index in [1.54, 1.807) is 19.0 Å². The molecule has 0 radical (unpaired) electrons. The van der Waals surface area contributed by atoms with E-state index in [0.29, 0.717) is 22.0 Å². The van der Waals surface area contributed by atoms with Crippen LogP contribution in [0.25, 0.3) is 0 Å². The first-order valence-electron chi connectivity index (χ1n) is 10.2. The molecular weight excluding hydrogens is 462 g/mol. The lowest BCUT2D eigenvalue weighted by atomic mass is 10.2. The summed E-state index contributed by atoms with van der Waals surface area (Å²) >= 11 is 2.48. The van der Waals surface area contributed by atoms with Gasteiger partial charge in [-0.25, -0.2) is 14.6 Å². The third-order valence-electron chi connectivity index (χ3n) is 5.02. The molecule has 0 saturated carbocycles. The Morgan fingerprint density at radius 2 is 1.70 bits per heavy atom. The molecule has 2 aromatic carbocycles. The number of rotatable bonds is 6. The third kappa shape index (κ3) is 3.93. The molecule has 0 amide bonds. The summed E-state index contributed by atoms with van der Waals surface area (Å²) in [7, 11) is 2.92. The van der Waals surface area contributed by atoms with Crippen LogP contribution in [-0.2, 0) is 19.1 Å². The molecule has 2 aliphatic rings. The minimum absolute atomic E-state index is 0.176. The fourth-order valence-corrected chi connectivity index (χ4v) is 6.58. The quantitative estimate of drug-likeness (QED) is 0.553. The molecule has 2 heterocycles. The van der Waals surface area contributed by atoms with Crippen molar-refractivity contribution >= 4 is 51.9 Å². The summed E-state index contributed by atoms with van der Waals surface area (Å²) in [5.41, 5.74) is 2.15. The molecule has 2 aromatic rings. The van der Waals surface area contributed by atoms with Crippen LogP contribution >= 0.6 is 23.5 Å². The number of nitrogens with zero attached hydrogens (tertiary/aromatic N) is 3. The van der Waals surface area contributed by atoms with Crippen LogP contribution in [0.15, 0.2) is 70.3 Å².